The zero-order valence-corrected chi connectivity index (χ0v) is 8.50. The number of aromatic nitrogens is 1. The number of carbonyl (C=O) groups is 1. The van der Waals surface area contributed by atoms with Gasteiger partial charge in [-0.25, -0.2) is 18.6 Å². The molecular weight excluding hydrogens is 242 g/mol. The summed E-state index contributed by atoms with van der Waals surface area (Å²) in [5, 5.41) is 17.3. The molecule has 1 aromatic heterocycles. The summed E-state index contributed by atoms with van der Waals surface area (Å²) in [5.74, 6) is -1.70. The number of aromatic carboxylic acids is 1. The first-order chi connectivity index (χ1) is 7.51. The first-order valence-electron chi connectivity index (χ1n) is 4.02. The molecule has 0 saturated heterocycles. The van der Waals surface area contributed by atoms with Gasteiger partial charge in [-0.2, -0.15) is 5.26 Å². The van der Waals surface area contributed by atoms with Crippen LogP contribution in [0.3, 0.4) is 0 Å². The topological polar surface area (TPSA) is 74.0 Å². The quantitative estimate of drug-likeness (QED) is 0.831. The van der Waals surface area contributed by atoms with Crippen LogP contribution >= 0.6 is 11.6 Å². The van der Waals surface area contributed by atoms with E-state index in [0.717, 1.165) is 6.07 Å². The van der Waals surface area contributed by atoms with Crippen molar-refractivity contribution in [2.45, 2.75) is 12.3 Å². The van der Waals surface area contributed by atoms with Crippen LogP contribution in [0.2, 0.25) is 0 Å². The highest BCUT2D eigenvalue weighted by Crippen LogP contribution is 2.24. The molecule has 4 nitrogen and oxygen atoms in total. The Hall–Kier alpha value is -1.74. The van der Waals surface area contributed by atoms with E-state index < -0.39 is 23.7 Å². The van der Waals surface area contributed by atoms with Gasteiger partial charge < -0.3 is 5.11 Å². The minimum atomic E-state index is -3.05. The van der Waals surface area contributed by atoms with Crippen molar-refractivity contribution in [3.8, 4) is 6.07 Å². The Morgan fingerprint density at radius 3 is 2.69 bits per heavy atom. The molecule has 16 heavy (non-hydrogen) atoms. The summed E-state index contributed by atoms with van der Waals surface area (Å²) in [5.41, 5.74) is -1.72. The van der Waals surface area contributed by atoms with Crippen LogP contribution in [0.5, 0.6) is 0 Å². The smallest absolute Gasteiger partial charge is 0.337 e. The fourth-order valence-electron chi connectivity index (χ4n) is 1.11. The van der Waals surface area contributed by atoms with Gasteiger partial charge in [0.05, 0.1) is 11.4 Å². The number of hydrogen-bond acceptors (Lipinski definition) is 3. The summed E-state index contributed by atoms with van der Waals surface area (Å²) in [6.45, 7) is 0. The molecule has 1 heterocycles. The summed E-state index contributed by atoms with van der Waals surface area (Å²) in [7, 11) is 0. The predicted molar refractivity (Wildman–Crippen MR) is 50.4 cm³/mol. The molecule has 0 spiro atoms. The van der Waals surface area contributed by atoms with Gasteiger partial charge in [0, 0.05) is 5.56 Å². The highest BCUT2D eigenvalue weighted by atomic mass is 35.5. The van der Waals surface area contributed by atoms with Gasteiger partial charge in [0.2, 0.25) is 0 Å². The molecule has 0 unspecified atom stereocenters. The average Bonchev–Trinajstić information content (AvgIpc) is 2.26. The highest BCUT2D eigenvalue weighted by Gasteiger charge is 2.22. The second kappa shape index (κ2) is 4.86. The number of halogens is 3. The molecule has 0 saturated carbocycles. The maximum Gasteiger partial charge on any atom is 0.337 e. The number of carboxylic acid groups (broad SMARTS) is 1. The monoisotopic (exact) mass is 246 g/mol. The van der Waals surface area contributed by atoms with E-state index in [2.05, 4.69) is 4.98 Å². The van der Waals surface area contributed by atoms with Crippen molar-refractivity contribution in [3.05, 3.63) is 28.6 Å². The lowest BCUT2D eigenvalue weighted by molar-refractivity contribution is 0.0682. The molecular formula is C9H5ClF2N2O2. The van der Waals surface area contributed by atoms with Crippen molar-refractivity contribution in [1.82, 2.24) is 4.98 Å². The van der Waals surface area contributed by atoms with Gasteiger partial charge in [-0.3, -0.25) is 0 Å². The van der Waals surface area contributed by atoms with Crippen molar-refractivity contribution in [3.63, 3.8) is 0 Å². The molecule has 7 heteroatoms. The summed E-state index contributed by atoms with van der Waals surface area (Å²) in [6, 6.07) is 2.53. The molecule has 0 aromatic carbocycles. The minimum absolute atomic E-state index is 0.117. The number of hydrogen-bond donors (Lipinski definition) is 1. The van der Waals surface area contributed by atoms with E-state index in [0.29, 0.717) is 0 Å². The summed E-state index contributed by atoms with van der Waals surface area (Å²) in [4.78, 5) is 14.0. The lowest BCUT2D eigenvalue weighted by Gasteiger charge is -2.07. The molecule has 0 aliphatic rings. The summed E-state index contributed by atoms with van der Waals surface area (Å²) < 4.78 is 24.9. The van der Waals surface area contributed by atoms with Crippen molar-refractivity contribution in [1.29, 1.82) is 5.26 Å². The number of carboxylic acids is 1. The fourth-order valence-corrected chi connectivity index (χ4v) is 1.31. The van der Waals surface area contributed by atoms with E-state index in [1.54, 1.807) is 6.07 Å². The van der Waals surface area contributed by atoms with Crippen LogP contribution in [0.15, 0.2) is 6.07 Å². The predicted octanol–water partition coefficient (Wildman–Crippen LogP) is 2.33. The first-order valence-corrected chi connectivity index (χ1v) is 4.56. The molecule has 0 aliphatic carbocycles. The molecule has 84 valence electrons. The van der Waals surface area contributed by atoms with Gasteiger partial charge in [0.15, 0.2) is 0 Å². The molecule has 0 amide bonds. The first kappa shape index (κ1) is 12.3. The van der Waals surface area contributed by atoms with Crippen LogP contribution in [0.25, 0.3) is 0 Å². The van der Waals surface area contributed by atoms with Crippen LogP contribution in [0.1, 0.15) is 33.7 Å². The number of nitriles is 1. The largest absolute Gasteiger partial charge is 0.478 e. The Kier molecular flexibility index (Phi) is 3.74. The fraction of sp³-hybridized carbons (Fsp3) is 0.222. The molecule has 1 N–H and O–H groups in total. The number of alkyl halides is 3. The third-order valence-electron chi connectivity index (χ3n) is 1.82. The molecule has 0 fully saturated rings. The molecule has 1 aromatic rings. The second-order valence-corrected chi connectivity index (χ2v) is 3.05. The van der Waals surface area contributed by atoms with Gasteiger partial charge in [-0.15, -0.1) is 11.6 Å². The van der Waals surface area contributed by atoms with Crippen molar-refractivity contribution >= 4 is 17.6 Å². The Labute approximate surface area is 94.1 Å². The standard InChI is InChI=1S/C9H5ClF2N2O2/c10-2-4-1-5(9(15)16)7(8(11)12)14-6(4)3-13/h1,8H,2H2,(H,15,16). The van der Waals surface area contributed by atoms with Crippen LogP contribution in [-0.2, 0) is 5.88 Å². The third kappa shape index (κ3) is 2.25. The summed E-state index contributed by atoms with van der Waals surface area (Å²) in [6.07, 6.45) is -3.05. The maximum atomic E-state index is 12.5. The van der Waals surface area contributed by atoms with Crippen LogP contribution < -0.4 is 0 Å². The molecule has 1 rings (SSSR count). The van der Waals surface area contributed by atoms with Crippen molar-refractivity contribution in [2.24, 2.45) is 0 Å². The summed E-state index contributed by atoms with van der Waals surface area (Å²) >= 11 is 5.45. The lowest BCUT2D eigenvalue weighted by Crippen LogP contribution is -2.09. The maximum absolute atomic E-state index is 12.5. The number of rotatable bonds is 3. The van der Waals surface area contributed by atoms with Crippen LogP contribution in [-0.4, -0.2) is 16.1 Å². The van der Waals surface area contributed by atoms with Gasteiger partial charge in [-0.1, -0.05) is 0 Å². The molecule has 0 aliphatic heterocycles. The van der Waals surface area contributed by atoms with Crippen molar-refractivity contribution < 1.29 is 18.7 Å². The Bertz CT molecular complexity index is 471. The molecule has 0 atom stereocenters. The zero-order chi connectivity index (χ0) is 12.3. The SMILES string of the molecule is N#Cc1nc(C(F)F)c(C(=O)O)cc1CCl. The number of nitrogens with zero attached hydrogens (tertiary/aromatic N) is 2. The van der Waals surface area contributed by atoms with E-state index in [-0.39, 0.29) is 17.1 Å². The van der Waals surface area contributed by atoms with Crippen LogP contribution in [0, 0.1) is 11.3 Å². The van der Waals surface area contributed by atoms with Crippen LogP contribution in [0.4, 0.5) is 8.78 Å². The zero-order valence-electron chi connectivity index (χ0n) is 7.75. The number of pyridine rings is 1. The Balaban J connectivity index is 3.49. The van der Waals surface area contributed by atoms with E-state index in [1.165, 1.54) is 0 Å². The van der Waals surface area contributed by atoms with E-state index >= 15 is 0 Å². The van der Waals surface area contributed by atoms with Gasteiger partial charge in [0.1, 0.15) is 17.5 Å². The Morgan fingerprint density at radius 2 is 2.31 bits per heavy atom. The van der Waals surface area contributed by atoms with Gasteiger partial charge >= 0.3 is 5.97 Å². The van der Waals surface area contributed by atoms with E-state index in [4.69, 9.17) is 22.0 Å². The van der Waals surface area contributed by atoms with Gasteiger partial charge in [-0.05, 0) is 6.07 Å². The lowest BCUT2D eigenvalue weighted by atomic mass is 10.1. The van der Waals surface area contributed by atoms with Gasteiger partial charge in [0.25, 0.3) is 6.43 Å². The minimum Gasteiger partial charge on any atom is -0.478 e. The highest BCUT2D eigenvalue weighted by molar-refractivity contribution is 6.17. The third-order valence-corrected chi connectivity index (χ3v) is 2.11. The van der Waals surface area contributed by atoms with E-state index in [1.807, 2.05) is 0 Å². The Morgan fingerprint density at radius 1 is 1.69 bits per heavy atom. The molecule has 0 radical (unpaired) electrons. The van der Waals surface area contributed by atoms with Crippen molar-refractivity contribution in [2.75, 3.05) is 0 Å². The normalized spacial score (nSPS) is 10.2. The second-order valence-electron chi connectivity index (χ2n) is 2.78. The molecule has 0 bridgehead atoms. The average molecular weight is 247 g/mol. The van der Waals surface area contributed by atoms with E-state index in [9.17, 15) is 13.6 Å².